The molecule has 0 aromatic heterocycles. The van der Waals surface area contributed by atoms with Crippen molar-refractivity contribution < 1.29 is 27.5 Å². The van der Waals surface area contributed by atoms with Crippen molar-refractivity contribution in [2.45, 2.75) is 32.5 Å². The Hall–Kier alpha value is -1.73. The highest BCUT2D eigenvalue weighted by molar-refractivity contribution is 6.02. The average Bonchev–Trinajstić information content (AvgIpc) is 2.52. The molecule has 1 saturated heterocycles. The number of amides is 1. The first kappa shape index (κ1) is 17.3. The molecule has 1 fully saturated rings. The molecular formula is C13H19F3N2O3. The highest BCUT2D eigenvalue weighted by Crippen LogP contribution is 2.36. The zero-order valence-corrected chi connectivity index (χ0v) is 12.6. The summed E-state index contributed by atoms with van der Waals surface area (Å²) < 4.78 is 43.6. The van der Waals surface area contributed by atoms with Gasteiger partial charge in [0, 0.05) is 26.8 Å². The van der Waals surface area contributed by atoms with Crippen LogP contribution in [-0.4, -0.2) is 54.1 Å². The molecule has 1 aliphatic heterocycles. The smallest absolute Gasteiger partial charge is 0.414 e. The first-order chi connectivity index (χ1) is 9.33. The number of nitrogens with zero attached hydrogens (tertiary/aromatic N) is 2. The Balaban J connectivity index is 3.11. The van der Waals surface area contributed by atoms with Gasteiger partial charge in [0.2, 0.25) is 0 Å². The van der Waals surface area contributed by atoms with Crippen LogP contribution in [0, 0.1) is 5.92 Å². The van der Waals surface area contributed by atoms with Gasteiger partial charge in [-0.1, -0.05) is 0 Å². The maximum Gasteiger partial charge on any atom is 0.414 e. The van der Waals surface area contributed by atoms with Crippen LogP contribution in [0.5, 0.6) is 0 Å². The fourth-order valence-electron chi connectivity index (χ4n) is 1.80. The number of carbonyl (C=O) groups is 2. The van der Waals surface area contributed by atoms with Gasteiger partial charge in [0.15, 0.2) is 5.78 Å². The van der Waals surface area contributed by atoms with Crippen molar-refractivity contribution >= 4 is 11.9 Å². The van der Waals surface area contributed by atoms with Gasteiger partial charge in [-0.05, 0) is 20.8 Å². The average molecular weight is 308 g/mol. The van der Waals surface area contributed by atoms with Gasteiger partial charge in [-0.25, -0.2) is 4.79 Å². The van der Waals surface area contributed by atoms with Crippen LogP contribution in [-0.2, 0) is 9.53 Å². The second kappa shape index (κ2) is 5.57. The SMILES string of the molecule is CN(C)/C=C1\C(=O)C(C(F)(F)F)CN1C(=O)OC(C)(C)C. The van der Waals surface area contributed by atoms with Crippen molar-refractivity contribution in [3.63, 3.8) is 0 Å². The number of alkyl halides is 3. The molecule has 0 spiro atoms. The zero-order chi connectivity index (χ0) is 16.6. The van der Waals surface area contributed by atoms with E-state index in [9.17, 15) is 22.8 Å². The molecule has 1 unspecified atom stereocenters. The highest BCUT2D eigenvalue weighted by atomic mass is 19.4. The third kappa shape index (κ3) is 4.37. The zero-order valence-electron chi connectivity index (χ0n) is 12.6. The number of hydrogen-bond acceptors (Lipinski definition) is 4. The first-order valence-corrected chi connectivity index (χ1v) is 6.32. The van der Waals surface area contributed by atoms with E-state index in [2.05, 4.69) is 0 Å². The topological polar surface area (TPSA) is 49.9 Å². The minimum atomic E-state index is -4.70. The monoisotopic (exact) mass is 308 g/mol. The number of ketones is 1. The lowest BCUT2D eigenvalue weighted by atomic mass is 10.1. The van der Waals surface area contributed by atoms with Gasteiger partial charge in [0.1, 0.15) is 17.2 Å². The third-order valence-corrected chi connectivity index (χ3v) is 2.61. The van der Waals surface area contributed by atoms with E-state index in [1.807, 2.05) is 0 Å². The van der Waals surface area contributed by atoms with Gasteiger partial charge >= 0.3 is 12.3 Å². The van der Waals surface area contributed by atoms with Gasteiger partial charge in [-0.3, -0.25) is 9.69 Å². The highest BCUT2D eigenvalue weighted by Gasteiger charge is 2.53. The first-order valence-electron chi connectivity index (χ1n) is 6.32. The maximum atomic E-state index is 12.9. The van der Waals surface area contributed by atoms with Crippen LogP contribution in [0.3, 0.4) is 0 Å². The van der Waals surface area contributed by atoms with Crippen molar-refractivity contribution in [2.75, 3.05) is 20.6 Å². The summed E-state index contributed by atoms with van der Waals surface area (Å²) in [7, 11) is 3.10. The number of allylic oxidation sites excluding steroid dienone is 1. The molecule has 120 valence electrons. The van der Waals surface area contributed by atoms with Crippen LogP contribution >= 0.6 is 0 Å². The number of carbonyl (C=O) groups excluding carboxylic acids is 2. The number of halogens is 3. The Morgan fingerprint density at radius 1 is 1.33 bits per heavy atom. The summed E-state index contributed by atoms with van der Waals surface area (Å²) in [5, 5.41) is 0. The van der Waals surface area contributed by atoms with E-state index in [-0.39, 0.29) is 5.70 Å². The molecule has 0 bridgehead atoms. The number of Topliss-reactive ketones (excluding diaryl/α,β-unsaturated/α-hetero) is 1. The molecule has 5 nitrogen and oxygen atoms in total. The van der Waals surface area contributed by atoms with E-state index in [0.717, 1.165) is 4.90 Å². The third-order valence-electron chi connectivity index (χ3n) is 2.61. The van der Waals surface area contributed by atoms with E-state index in [1.54, 1.807) is 34.9 Å². The summed E-state index contributed by atoms with van der Waals surface area (Å²) in [5.41, 5.74) is -1.17. The lowest BCUT2D eigenvalue weighted by Crippen LogP contribution is -2.36. The molecule has 0 aromatic carbocycles. The van der Waals surface area contributed by atoms with Crippen molar-refractivity contribution in [2.24, 2.45) is 5.92 Å². The van der Waals surface area contributed by atoms with Crippen molar-refractivity contribution in [3.05, 3.63) is 11.9 Å². The Morgan fingerprint density at radius 2 is 1.86 bits per heavy atom. The molecule has 0 N–H and O–H groups in total. The molecule has 1 atom stereocenters. The fraction of sp³-hybridized carbons (Fsp3) is 0.692. The second-order valence-corrected chi connectivity index (χ2v) is 6.03. The molecular weight excluding hydrogens is 289 g/mol. The molecule has 1 amide bonds. The summed E-state index contributed by atoms with van der Waals surface area (Å²) in [4.78, 5) is 26.0. The molecule has 8 heteroatoms. The number of rotatable bonds is 1. The molecule has 0 aliphatic carbocycles. The molecule has 1 heterocycles. The molecule has 0 aromatic rings. The van der Waals surface area contributed by atoms with Gasteiger partial charge in [-0.2, -0.15) is 13.2 Å². The lowest BCUT2D eigenvalue weighted by Gasteiger charge is -2.25. The predicted octanol–water partition coefficient (Wildman–Crippen LogP) is 2.39. The molecule has 1 rings (SSSR count). The summed E-state index contributed by atoms with van der Waals surface area (Å²) in [6.07, 6.45) is -4.47. The standard InChI is InChI=1S/C13H19F3N2O3/c1-12(2,3)21-11(20)18-6-8(13(14,15)16)10(19)9(18)7-17(4)5/h7-8H,6H2,1-5H3/b9-7+. The maximum absolute atomic E-state index is 12.9. The number of hydrogen-bond donors (Lipinski definition) is 0. The van der Waals surface area contributed by atoms with E-state index in [4.69, 9.17) is 4.74 Å². The Morgan fingerprint density at radius 3 is 2.24 bits per heavy atom. The van der Waals surface area contributed by atoms with Crippen LogP contribution < -0.4 is 0 Å². The van der Waals surface area contributed by atoms with Crippen LogP contribution in [0.4, 0.5) is 18.0 Å². The van der Waals surface area contributed by atoms with E-state index >= 15 is 0 Å². The lowest BCUT2D eigenvalue weighted by molar-refractivity contribution is -0.175. The van der Waals surface area contributed by atoms with Crippen molar-refractivity contribution in [1.82, 2.24) is 9.80 Å². The van der Waals surface area contributed by atoms with Crippen LogP contribution in [0.2, 0.25) is 0 Å². The van der Waals surface area contributed by atoms with Gasteiger partial charge in [0.05, 0.1) is 0 Å². The Labute approximate surface area is 121 Å². The molecule has 0 saturated carbocycles. The van der Waals surface area contributed by atoms with Crippen LogP contribution in [0.1, 0.15) is 20.8 Å². The second-order valence-electron chi connectivity index (χ2n) is 6.03. The predicted molar refractivity (Wildman–Crippen MR) is 69.3 cm³/mol. The molecule has 1 aliphatic rings. The number of likely N-dealkylation sites (tertiary alicyclic amines) is 1. The summed E-state index contributed by atoms with van der Waals surface area (Å²) in [6.45, 7) is 4.04. The van der Waals surface area contributed by atoms with Crippen LogP contribution in [0.25, 0.3) is 0 Å². The fourth-order valence-corrected chi connectivity index (χ4v) is 1.80. The minimum Gasteiger partial charge on any atom is -0.443 e. The van der Waals surface area contributed by atoms with E-state index in [0.29, 0.717) is 0 Å². The number of ether oxygens (including phenoxy) is 1. The van der Waals surface area contributed by atoms with Gasteiger partial charge in [-0.15, -0.1) is 0 Å². The van der Waals surface area contributed by atoms with E-state index in [1.165, 1.54) is 11.1 Å². The van der Waals surface area contributed by atoms with Crippen molar-refractivity contribution in [1.29, 1.82) is 0 Å². The van der Waals surface area contributed by atoms with Gasteiger partial charge in [0.25, 0.3) is 0 Å². The quantitative estimate of drug-likeness (QED) is 0.698. The molecule has 21 heavy (non-hydrogen) atoms. The van der Waals surface area contributed by atoms with E-state index < -0.39 is 36.1 Å². The Kier molecular flexibility index (Phi) is 4.60. The normalized spacial score (nSPS) is 21.9. The van der Waals surface area contributed by atoms with Crippen LogP contribution in [0.15, 0.2) is 11.9 Å². The van der Waals surface area contributed by atoms with Crippen molar-refractivity contribution in [3.8, 4) is 0 Å². The summed E-state index contributed by atoms with van der Waals surface area (Å²) in [5.74, 6) is -3.33. The largest absolute Gasteiger partial charge is 0.443 e. The summed E-state index contributed by atoms with van der Waals surface area (Å²) >= 11 is 0. The minimum absolute atomic E-state index is 0.309. The Bertz CT molecular complexity index is 464. The molecule has 0 radical (unpaired) electrons. The summed E-state index contributed by atoms with van der Waals surface area (Å²) in [6, 6.07) is 0. The van der Waals surface area contributed by atoms with Gasteiger partial charge < -0.3 is 9.64 Å².